The van der Waals surface area contributed by atoms with Crippen LogP contribution < -0.4 is 5.32 Å². The summed E-state index contributed by atoms with van der Waals surface area (Å²) in [6.07, 6.45) is -3.49. The Morgan fingerprint density at radius 1 is 1.42 bits per heavy atom. The minimum Gasteiger partial charge on any atom is -0.349 e. The van der Waals surface area contributed by atoms with Crippen molar-refractivity contribution < 1.29 is 18.0 Å². The summed E-state index contributed by atoms with van der Waals surface area (Å²) < 4.78 is 37.8. The van der Waals surface area contributed by atoms with Crippen molar-refractivity contribution in [1.82, 2.24) is 5.32 Å². The van der Waals surface area contributed by atoms with Gasteiger partial charge in [-0.3, -0.25) is 4.79 Å². The lowest BCUT2D eigenvalue weighted by Gasteiger charge is -2.16. The summed E-state index contributed by atoms with van der Waals surface area (Å²) in [5.41, 5.74) is -0.220. The molecule has 1 amide bonds. The van der Waals surface area contributed by atoms with Gasteiger partial charge in [-0.25, -0.2) is 0 Å². The van der Waals surface area contributed by atoms with E-state index in [1.807, 2.05) is 6.92 Å². The van der Waals surface area contributed by atoms with Crippen LogP contribution in [0.3, 0.4) is 0 Å². The van der Waals surface area contributed by atoms with Crippen molar-refractivity contribution in [1.29, 1.82) is 0 Å². The zero-order valence-electron chi connectivity index (χ0n) is 10.8. The first-order valence-corrected chi connectivity index (χ1v) is 6.26. The smallest absolute Gasteiger partial charge is 0.349 e. The highest BCUT2D eigenvalue weighted by Crippen LogP contribution is 2.38. The van der Waals surface area contributed by atoms with E-state index in [-0.39, 0.29) is 11.8 Å². The molecular formula is C14H16F3NO. The third-order valence-electron chi connectivity index (χ3n) is 3.52. The number of carbonyl (C=O) groups excluding carboxylic acids is 1. The molecule has 0 spiro atoms. The third-order valence-corrected chi connectivity index (χ3v) is 3.52. The van der Waals surface area contributed by atoms with Crippen molar-refractivity contribution in [2.24, 2.45) is 11.8 Å². The highest BCUT2D eigenvalue weighted by Gasteiger charge is 2.39. The van der Waals surface area contributed by atoms with Gasteiger partial charge in [-0.15, -0.1) is 0 Å². The van der Waals surface area contributed by atoms with Crippen molar-refractivity contribution in [3.8, 4) is 0 Å². The lowest BCUT2D eigenvalue weighted by atomic mass is 10.0. The van der Waals surface area contributed by atoms with Crippen LogP contribution in [0.2, 0.25) is 0 Å². The van der Waals surface area contributed by atoms with Gasteiger partial charge in [-0.1, -0.05) is 19.1 Å². The molecular weight excluding hydrogens is 255 g/mol. The van der Waals surface area contributed by atoms with Crippen LogP contribution in [0.1, 0.15) is 37.4 Å². The summed E-state index contributed by atoms with van der Waals surface area (Å²) in [4.78, 5) is 11.7. The summed E-state index contributed by atoms with van der Waals surface area (Å²) >= 11 is 0. The van der Waals surface area contributed by atoms with Crippen molar-refractivity contribution in [2.75, 3.05) is 0 Å². The van der Waals surface area contributed by atoms with E-state index in [1.54, 1.807) is 13.0 Å². The molecule has 0 aromatic heterocycles. The molecule has 3 atom stereocenters. The molecule has 104 valence electrons. The van der Waals surface area contributed by atoms with Gasteiger partial charge in [0.2, 0.25) is 5.91 Å². The predicted molar refractivity (Wildman–Crippen MR) is 65.3 cm³/mol. The molecule has 1 aliphatic carbocycles. The normalized spacial score (nSPS) is 23.8. The van der Waals surface area contributed by atoms with Crippen LogP contribution in [0.5, 0.6) is 0 Å². The molecule has 1 aromatic rings. The molecule has 19 heavy (non-hydrogen) atoms. The van der Waals surface area contributed by atoms with Crippen LogP contribution in [0.25, 0.3) is 0 Å². The molecule has 0 unspecified atom stereocenters. The van der Waals surface area contributed by atoms with Crippen molar-refractivity contribution in [3.05, 3.63) is 35.4 Å². The minimum atomic E-state index is -4.36. The zero-order valence-corrected chi connectivity index (χ0v) is 10.8. The van der Waals surface area contributed by atoms with Gasteiger partial charge in [0.25, 0.3) is 0 Å². The number of nitrogens with one attached hydrogen (secondary N) is 1. The van der Waals surface area contributed by atoms with Gasteiger partial charge in [0, 0.05) is 5.92 Å². The molecule has 1 N–H and O–H groups in total. The zero-order chi connectivity index (χ0) is 14.2. The molecule has 0 radical (unpaired) electrons. The van der Waals surface area contributed by atoms with Crippen LogP contribution in [0, 0.1) is 11.8 Å². The number of hydrogen-bond acceptors (Lipinski definition) is 1. The second-order valence-electron chi connectivity index (χ2n) is 5.17. The molecule has 2 rings (SSSR count). The van der Waals surface area contributed by atoms with E-state index in [9.17, 15) is 18.0 Å². The Bertz CT molecular complexity index is 484. The van der Waals surface area contributed by atoms with Gasteiger partial charge in [0.15, 0.2) is 0 Å². The van der Waals surface area contributed by atoms with Gasteiger partial charge >= 0.3 is 6.18 Å². The highest BCUT2D eigenvalue weighted by atomic mass is 19.4. The highest BCUT2D eigenvalue weighted by molar-refractivity contribution is 5.81. The van der Waals surface area contributed by atoms with Crippen LogP contribution >= 0.6 is 0 Å². The standard InChI is InChI=1S/C14H16F3NO/c1-8-6-12(8)13(19)18-9(2)10-4-3-5-11(7-10)14(15,16)17/h3-5,7-9,12H,6H2,1-2H3,(H,18,19)/t8-,9+,12+/m1/s1. The first kappa shape index (κ1) is 13.9. The number of amides is 1. The maximum absolute atomic E-state index is 12.6. The van der Waals surface area contributed by atoms with Crippen LogP contribution in [0.4, 0.5) is 13.2 Å². The summed E-state index contributed by atoms with van der Waals surface area (Å²) in [7, 11) is 0. The van der Waals surface area contributed by atoms with Crippen molar-refractivity contribution >= 4 is 5.91 Å². The molecule has 0 saturated heterocycles. The van der Waals surface area contributed by atoms with Crippen LogP contribution in [0.15, 0.2) is 24.3 Å². The average molecular weight is 271 g/mol. The van der Waals surface area contributed by atoms with E-state index in [1.165, 1.54) is 6.07 Å². The van der Waals surface area contributed by atoms with Gasteiger partial charge in [0.1, 0.15) is 0 Å². The molecule has 2 nitrogen and oxygen atoms in total. The van der Waals surface area contributed by atoms with Gasteiger partial charge in [-0.2, -0.15) is 13.2 Å². The number of alkyl halides is 3. The molecule has 0 heterocycles. The van der Waals surface area contributed by atoms with Crippen LogP contribution in [-0.2, 0) is 11.0 Å². The molecule has 1 aromatic carbocycles. The summed E-state index contributed by atoms with van der Waals surface area (Å²) in [6.45, 7) is 3.68. The minimum absolute atomic E-state index is 0.0215. The number of rotatable bonds is 3. The first-order valence-electron chi connectivity index (χ1n) is 6.26. The second kappa shape index (κ2) is 4.87. The summed E-state index contributed by atoms with van der Waals surface area (Å²) in [5, 5.41) is 2.76. The average Bonchev–Trinajstić information content (AvgIpc) is 3.05. The van der Waals surface area contributed by atoms with Crippen molar-refractivity contribution in [3.63, 3.8) is 0 Å². The number of benzene rings is 1. The topological polar surface area (TPSA) is 29.1 Å². The van der Waals surface area contributed by atoms with E-state index in [0.717, 1.165) is 18.6 Å². The van der Waals surface area contributed by atoms with E-state index >= 15 is 0 Å². The molecule has 0 aliphatic heterocycles. The monoisotopic (exact) mass is 271 g/mol. The summed E-state index contributed by atoms with van der Waals surface area (Å²) in [6, 6.07) is 4.65. The lowest BCUT2D eigenvalue weighted by Crippen LogP contribution is -2.28. The molecule has 5 heteroatoms. The SMILES string of the molecule is C[C@H](NC(=O)[C@H]1C[C@H]1C)c1cccc(C(F)(F)F)c1. The molecule has 1 saturated carbocycles. The molecule has 1 fully saturated rings. The Balaban J connectivity index is 2.06. The Hall–Kier alpha value is -1.52. The molecule has 0 bridgehead atoms. The Morgan fingerprint density at radius 2 is 2.05 bits per heavy atom. The lowest BCUT2D eigenvalue weighted by molar-refractivity contribution is -0.137. The summed E-state index contributed by atoms with van der Waals surface area (Å²) in [5.74, 6) is 0.333. The van der Waals surface area contributed by atoms with E-state index in [0.29, 0.717) is 11.5 Å². The fraction of sp³-hybridized carbons (Fsp3) is 0.500. The van der Waals surface area contributed by atoms with E-state index in [2.05, 4.69) is 5.32 Å². The quantitative estimate of drug-likeness (QED) is 0.895. The Morgan fingerprint density at radius 3 is 2.58 bits per heavy atom. The van der Waals surface area contributed by atoms with Gasteiger partial charge in [0.05, 0.1) is 11.6 Å². The number of halogens is 3. The second-order valence-corrected chi connectivity index (χ2v) is 5.17. The fourth-order valence-electron chi connectivity index (χ4n) is 2.08. The maximum Gasteiger partial charge on any atom is 0.416 e. The Kier molecular flexibility index (Phi) is 3.56. The molecule has 1 aliphatic rings. The van der Waals surface area contributed by atoms with E-state index < -0.39 is 17.8 Å². The maximum atomic E-state index is 12.6. The van der Waals surface area contributed by atoms with E-state index in [4.69, 9.17) is 0 Å². The first-order chi connectivity index (χ1) is 8.79. The Labute approximate surface area is 110 Å². The van der Waals surface area contributed by atoms with Crippen LogP contribution in [-0.4, -0.2) is 5.91 Å². The van der Waals surface area contributed by atoms with Crippen molar-refractivity contribution in [2.45, 2.75) is 32.5 Å². The number of carbonyl (C=O) groups is 1. The number of hydrogen-bond donors (Lipinski definition) is 1. The van der Waals surface area contributed by atoms with Gasteiger partial charge < -0.3 is 5.32 Å². The fourth-order valence-corrected chi connectivity index (χ4v) is 2.08. The largest absolute Gasteiger partial charge is 0.416 e. The van der Waals surface area contributed by atoms with Gasteiger partial charge in [-0.05, 0) is 37.0 Å². The predicted octanol–water partition coefficient (Wildman–Crippen LogP) is 3.54. The third kappa shape index (κ3) is 3.28.